The van der Waals surface area contributed by atoms with Crippen LogP contribution >= 0.6 is 0 Å². The second-order valence-corrected chi connectivity index (χ2v) is 7.00. The van der Waals surface area contributed by atoms with Crippen molar-refractivity contribution >= 4 is 23.8 Å². The van der Waals surface area contributed by atoms with E-state index in [1.807, 2.05) is 6.07 Å². The van der Waals surface area contributed by atoms with Gasteiger partial charge in [-0.2, -0.15) is 0 Å². The number of hydrogen-bond acceptors (Lipinski definition) is 5. The molecule has 1 heterocycles. The van der Waals surface area contributed by atoms with E-state index in [1.165, 1.54) is 37.1 Å². The van der Waals surface area contributed by atoms with Crippen molar-refractivity contribution in [2.75, 3.05) is 7.11 Å². The topological polar surface area (TPSA) is 113 Å². The molecule has 0 radical (unpaired) electrons. The van der Waals surface area contributed by atoms with Gasteiger partial charge in [-0.3, -0.25) is 9.59 Å². The second-order valence-electron chi connectivity index (χ2n) is 7.00. The molecule has 3 atom stereocenters. The number of likely N-dealkylation sites (tertiary alicyclic amines) is 1. The summed E-state index contributed by atoms with van der Waals surface area (Å²) < 4.78 is 4.90. The highest BCUT2D eigenvalue weighted by Crippen LogP contribution is 2.38. The number of carbonyl (C=O) groups is 4. The third-order valence-corrected chi connectivity index (χ3v) is 5.12. The van der Waals surface area contributed by atoms with Gasteiger partial charge in [-0.25, -0.2) is 9.59 Å². The molecule has 1 aliphatic heterocycles. The van der Waals surface area contributed by atoms with Crippen LogP contribution in [0.5, 0.6) is 0 Å². The van der Waals surface area contributed by atoms with Crippen LogP contribution in [0.25, 0.3) is 0 Å². The van der Waals surface area contributed by atoms with Gasteiger partial charge in [0.15, 0.2) is 0 Å². The predicted molar refractivity (Wildman–Crippen MR) is 107 cm³/mol. The molecular weight excluding hydrogens is 388 g/mol. The van der Waals surface area contributed by atoms with Gasteiger partial charge in [0.1, 0.15) is 6.04 Å². The summed E-state index contributed by atoms with van der Waals surface area (Å²) in [6.07, 6.45) is 0.146. The Morgan fingerprint density at radius 2 is 1.60 bits per heavy atom. The van der Waals surface area contributed by atoms with Gasteiger partial charge in [0, 0.05) is 13.3 Å². The molecule has 2 amide bonds. The van der Waals surface area contributed by atoms with E-state index in [2.05, 4.69) is 5.32 Å². The van der Waals surface area contributed by atoms with Crippen LogP contribution in [-0.4, -0.2) is 53.0 Å². The van der Waals surface area contributed by atoms with E-state index in [1.54, 1.807) is 30.3 Å². The maximum atomic E-state index is 13.6. The molecule has 30 heavy (non-hydrogen) atoms. The van der Waals surface area contributed by atoms with Gasteiger partial charge in [-0.1, -0.05) is 42.5 Å². The zero-order valence-corrected chi connectivity index (χ0v) is 16.6. The molecule has 2 N–H and O–H groups in total. The molecule has 156 valence electrons. The zero-order valence-electron chi connectivity index (χ0n) is 16.6. The fourth-order valence-corrected chi connectivity index (χ4v) is 3.92. The Morgan fingerprint density at radius 1 is 1.00 bits per heavy atom. The van der Waals surface area contributed by atoms with E-state index < -0.39 is 36.0 Å². The first-order chi connectivity index (χ1) is 14.3. The molecule has 0 bridgehead atoms. The van der Waals surface area contributed by atoms with E-state index >= 15 is 0 Å². The summed E-state index contributed by atoms with van der Waals surface area (Å²) >= 11 is 0. The minimum Gasteiger partial charge on any atom is -0.478 e. The van der Waals surface area contributed by atoms with Crippen LogP contribution in [0.2, 0.25) is 0 Å². The van der Waals surface area contributed by atoms with E-state index in [4.69, 9.17) is 4.74 Å². The SMILES string of the molecule is COC(=O)[C@@H]1C[C@@H](NC(C)=O)[C@H](c2ccccc2)N1C(=O)c1ccccc1C(=O)O. The Balaban J connectivity index is 2.14. The van der Waals surface area contributed by atoms with Crippen LogP contribution in [0, 0.1) is 0 Å². The molecule has 1 fully saturated rings. The number of carboxylic acid groups (broad SMARTS) is 1. The Hall–Kier alpha value is -3.68. The van der Waals surface area contributed by atoms with Crippen molar-refractivity contribution < 1.29 is 29.0 Å². The number of methoxy groups -OCH3 is 1. The third kappa shape index (κ3) is 4.03. The third-order valence-electron chi connectivity index (χ3n) is 5.12. The number of ether oxygens (including phenoxy) is 1. The number of carbonyl (C=O) groups excluding carboxylic acids is 3. The minimum absolute atomic E-state index is 0.0386. The molecule has 0 saturated carbocycles. The molecule has 0 spiro atoms. The summed E-state index contributed by atoms with van der Waals surface area (Å²) in [6.45, 7) is 1.36. The summed E-state index contributed by atoms with van der Waals surface area (Å²) in [5, 5.41) is 12.3. The van der Waals surface area contributed by atoms with E-state index in [9.17, 15) is 24.3 Å². The number of nitrogens with one attached hydrogen (secondary N) is 1. The molecule has 3 rings (SSSR count). The van der Waals surface area contributed by atoms with Gasteiger partial charge in [0.05, 0.1) is 30.3 Å². The summed E-state index contributed by atoms with van der Waals surface area (Å²) in [7, 11) is 1.22. The number of amides is 2. The summed E-state index contributed by atoms with van der Waals surface area (Å²) in [5.74, 6) is -2.80. The highest BCUT2D eigenvalue weighted by molar-refractivity contribution is 6.06. The van der Waals surface area contributed by atoms with Gasteiger partial charge < -0.3 is 20.1 Å². The van der Waals surface area contributed by atoms with Crippen LogP contribution < -0.4 is 5.32 Å². The summed E-state index contributed by atoms with van der Waals surface area (Å²) in [5.41, 5.74) is 0.507. The average Bonchev–Trinajstić information content (AvgIpc) is 3.11. The molecule has 0 aromatic heterocycles. The highest BCUT2D eigenvalue weighted by atomic mass is 16.5. The predicted octanol–water partition coefficient (Wildman–Crippen LogP) is 2.02. The Kier molecular flexibility index (Phi) is 6.15. The van der Waals surface area contributed by atoms with Crippen LogP contribution in [-0.2, 0) is 14.3 Å². The van der Waals surface area contributed by atoms with Gasteiger partial charge in [-0.15, -0.1) is 0 Å². The molecule has 1 saturated heterocycles. The van der Waals surface area contributed by atoms with Crippen molar-refractivity contribution in [1.82, 2.24) is 10.2 Å². The first kappa shape index (κ1) is 21.0. The monoisotopic (exact) mass is 410 g/mol. The fraction of sp³-hybridized carbons (Fsp3) is 0.273. The Bertz CT molecular complexity index is 975. The summed E-state index contributed by atoms with van der Waals surface area (Å²) in [4.78, 5) is 50.9. The van der Waals surface area contributed by atoms with E-state index in [-0.39, 0.29) is 23.5 Å². The molecule has 8 nitrogen and oxygen atoms in total. The van der Waals surface area contributed by atoms with Crippen molar-refractivity contribution in [1.29, 1.82) is 0 Å². The van der Waals surface area contributed by atoms with Gasteiger partial charge >= 0.3 is 11.9 Å². The van der Waals surface area contributed by atoms with Gasteiger partial charge in [-0.05, 0) is 17.7 Å². The van der Waals surface area contributed by atoms with Crippen molar-refractivity contribution in [3.05, 3.63) is 71.3 Å². The lowest BCUT2D eigenvalue weighted by Crippen LogP contribution is -2.44. The summed E-state index contributed by atoms with van der Waals surface area (Å²) in [6, 6.07) is 12.6. The molecule has 0 unspecified atom stereocenters. The normalized spacial score (nSPS) is 20.5. The number of esters is 1. The van der Waals surface area contributed by atoms with E-state index in [0.717, 1.165) is 0 Å². The molecule has 2 aromatic rings. The van der Waals surface area contributed by atoms with Gasteiger partial charge in [0.25, 0.3) is 5.91 Å². The number of aromatic carboxylic acids is 1. The number of benzene rings is 2. The molecule has 1 aliphatic rings. The zero-order chi connectivity index (χ0) is 21.8. The van der Waals surface area contributed by atoms with Crippen LogP contribution in [0.3, 0.4) is 0 Å². The van der Waals surface area contributed by atoms with Crippen molar-refractivity contribution in [3.8, 4) is 0 Å². The maximum Gasteiger partial charge on any atom is 0.336 e. The fourth-order valence-electron chi connectivity index (χ4n) is 3.92. The van der Waals surface area contributed by atoms with Crippen LogP contribution in [0.4, 0.5) is 0 Å². The first-order valence-electron chi connectivity index (χ1n) is 9.40. The van der Waals surface area contributed by atoms with Gasteiger partial charge in [0.2, 0.25) is 5.91 Å². The largest absolute Gasteiger partial charge is 0.478 e. The molecule has 8 heteroatoms. The second kappa shape index (κ2) is 8.77. The smallest absolute Gasteiger partial charge is 0.336 e. The quantitative estimate of drug-likeness (QED) is 0.729. The van der Waals surface area contributed by atoms with Crippen molar-refractivity contribution in [2.24, 2.45) is 0 Å². The lowest BCUT2D eigenvalue weighted by molar-refractivity contribution is -0.145. The number of hydrogen-bond donors (Lipinski definition) is 2. The van der Waals surface area contributed by atoms with Crippen LogP contribution in [0.1, 0.15) is 45.7 Å². The lowest BCUT2D eigenvalue weighted by atomic mass is 9.99. The molecular formula is C22H22N2O6. The average molecular weight is 410 g/mol. The Labute approximate surface area is 173 Å². The van der Waals surface area contributed by atoms with Crippen molar-refractivity contribution in [3.63, 3.8) is 0 Å². The van der Waals surface area contributed by atoms with E-state index in [0.29, 0.717) is 5.56 Å². The lowest BCUT2D eigenvalue weighted by Gasteiger charge is -2.31. The Morgan fingerprint density at radius 3 is 2.17 bits per heavy atom. The molecule has 2 aromatic carbocycles. The first-order valence-corrected chi connectivity index (χ1v) is 9.40. The van der Waals surface area contributed by atoms with Crippen LogP contribution in [0.15, 0.2) is 54.6 Å². The number of nitrogens with zero attached hydrogens (tertiary/aromatic N) is 1. The van der Waals surface area contributed by atoms with Crippen molar-refractivity contribution in [2.45, 2.75) is 31.5 Å². The standard InChI is InChI=1S/C22H22N2O6/c1-13(25)23-17-12-18(22(29)30-2)24(19(17)14-8-4-3-5-9-14)20(26)15-10-6-7-11-16(15)21(27)28/h3-11,17-19H,12H2,1-2H3,(H,23,25)(H,27,28)/t17-,18+,19+/m1/s1. The highest BCUT2D eigenvalue weighted by Gasteiger charge is 2.49. The number of rotatable bonds is 5. The minimum atomic E-state index is -1.25. The number of carboxylic acids is 1. The molecule has 0 aliphatic carbocycles. The maximum absolute atomic E-state index is 13.6.